The van der Waals surface area contributed by atoms with Crippen LogP contribution in [0, 0.1) is 0 Å². The molecule has 0 unspecified atom stereocenters. The highest BCUT2D eigenvalue weighted by molar-refractivity contribution is 7.99. The minimum atomic E-state index is -0.766. The molecule has 7 nitrogen and oxygen atoms in total. The van der Waals surface area contributed by atoms with Crippen LogP contribution in [0.3, 0.4) is 0 Å². The molecule has 122 valence electrons. The van der Waals surface area contributed by atoms with Crippen LogP contribution >= 0.6 is 11.8 Å². The first-order valence-electron chi connectivity index (χ1n) is 6.99. The van der Waals surface area contributed by atoms with Crippen molar-refractivity contribution in [2.24, 2.45) is 0 Å². The Bertz CT molecular complexity index is 834. The van der Waals surface area contributed by atoms with Gasteiger partial charge in [0.05, 0.1) is 23.2 Å². The second kappa shape index (κ2) is 7.14. The molecule has 1 aromatic carbocycles. The lowest BCUT2D eigenvalue weighted by atomic mass is 10.2. The van der Waals surface area contributed by atoms with Crippen LogP contribution in [0.4, 0.5) is 0 Å². The number of aromatic nitrogens is 3. The van der Waals surface area contributed by atoms with Crippen molar-refractivity contribution >= 4 is 17.5 Å². The molecule has 0 saturated heterocycles. The van der Waals surface area contributed by atoms with Crippen LogP contribution < -0.4 is 14.5 Å². The zero-order valence-electron chi connectivity index (χ0n) is 12.7. The SMILES string of the molecule is COc1ccc(-[n+]2noc([O-])c2C(=O)CSc2ccccn2)cc1. The van der Waals surface area contributed by atoms with Gasteiger partial charge in [0.2, 0.25) is 11.5 Å². The number of methoxy groups -OCH3 is 1. The zero-order valence-corrected chi connectivity index (χ0v) is 13.5. The molecule has 0 atom stereocenters. The Morgan fingerprint density at radius 2 is 2.08 bits per heavy atom. The lowest BCUT2D eigenvalue weighted by Gasteiger charge is -2.00. The lowest BCUT2D eigenvalue weighted by molar-refractivity contribution is -0.672. The molecule has 0 saturated carbocycles. The first kappa shape index (κ1) is 16.0. The summed E-state index contributed by atoms with van der Waals surface area (Å²) in [4.78, 5) is 16.6. The van der Waals surface area contributed by atoms with Crippen molar-refractivity contribution in [3.05, 3.63) is 54.4 Å². The van der Waals surface area contributed by atoms with Crippen LogP contribution in [0.1, 0.15) is 10.5 Å². The fourth-order valence-corrected chi connectivity index (χ4v) is 2.75. The monoisotopic (exact) mass is 343 g/mol. The van der Waals surface area contributed by atoms with E-state index in [1.54, 1.807) is 49.7 Å². The summed E-state index contributed by atoms with van der Waals surface area (Å²) in [5, 5.41) is 16.2. The lowest BCUT2D eigenvalue weighted by Crippen LogP contribution is -2.39. The van der Waals surface area contributed by atoms with Gasteiger partial charge in [0.15, 0.2) is 5.95 Å². The standard InChI is InChI=1S/C16H13N3O4S/c1-22-12-7-5-11(6-8-12)19-15(16(21)23-18-19)13(20)10-24-14-4-2-3-9-17-14/h2-9H,10H2,1H3. The molecule has 0 fully saturated rings. The van der Waals surface area contributed by atoms with E-state index >= 15 is 0 Å². The maximum Gasteiger partial charge on any atom is 0.307 e. The van der Waals surface area contributed by atoms with Crippen LogP contribution in [-0.4, -0.2) is 28.9 Å². The predicted molar refractivity (Wildman–Crippen MR) is 83.3 cm³/mol. The smallest absolute Gasteiger partial charge is 0.307 e. The van der Waals surface area contributed by atoms with Crippen molar-refractivity contribution in [1.29, 1.82) is 0 Å². The minimum absolute atomic E-state index is 0.0591. The van der Waals surface area contributed by atoms with Gasteiger partial charge in [-0.1, -0.05) is 17.8 Å². The van der Waals surface area contributed by atoms with E-state index < -0.39 is 5.95 Å². The van der Waals surface area contributed by atoms with Crippen molar-refractivity contribution in [2.75, 3.05) is 12.9 Å². The molecule has 0 aliphatic carbocycles. The molecule has 0 radical (unpaired) electrons. The number of ether oxygens (including phenoxy) is 1. The van der Waals surface area contributed by atoms with Gasteiger partial charge >= 0.3 is 5.69 Å². The highest BCUT2D eigenvalue weighted by atomic mass is 32.2. The topological polar surface area (TPSA) is 92.2 Å². The van der Waals surface area contributed by atoms with Gasteiger partial charge in [-0.3, -0.25) is 4.79 Å². The number of carbonyl (C=O) groups is 1. The molecule has 0 bridgehead atoms. The highest BCUT2D eigenvalue weighted by Gasteiger charge is 2.27. The highest BCUT2D eigenvalue weighted by Crippen LogP contribution is 2.19. The number of hydrogen-bond donors (Lipinski definition) is 0. The molecule has 0 amide bonds. The third kappa shape index (κ3) is 3.38. The van der Waals surface area contributed by atoms with Crippen LogP contribution in [-0.2, 0) is 0 Å². The molecule has 8 heteroatoms. The molecule has 0 spiro atoms. The minimum Gasteiger partial charge on any atom is -0.539 e. The Morgan fingerprint density at radius 3 is 2.75 bits per heavy atom. The summed E-state index contributed by atoms with van der Waals surface area (Å²) >= 11 is 1.24. The number of thioether (sulfide) groups is 1. The van der Waals surface area contributed by atoms with E-state index in [0.29, 0.717) is 16.5 Å². The van der Waals surface area contributed by atoms with Crippen LogP contribution in [0.25, 0.3) is 5.69 Å². The van der Waals surface area contributed by atoms with Gasteiger partial charge in [-0.05, 0) is 28.9 Å². The summed E-state index contributed by atoms with van der Waals surface area (Å²) in [6.07, 6.45) is 1.64. The Kier molecular flexibility index (Phi) is 4.76. The Morgan fingerprint density at radius 1 is 1.29 bits per heavy atom. The van der Waals surface area contributed by atoms with Gasteiger partial charge in [-0.2, -0.15) is 0 Å². The van der Waals surface area contributed by atoms with E-state index in [1.165, 1.54) is 16.4 Å². The van der Waals surface area contributed by atoms with E-state index in [1.807, 2.05) is 6.07 Å². The van der Waals surface area contributed by atoms with E-state index in [-0.39, 0.29) is 17.2 Å². The number of ketones is 1. The average Bonchev–Trinajstić information content (AvgIpc) is 3.02. The molecule has 2 heterocycles. The van der Waals surface area contributed by atoms with Crippen molar-refractivity contribution in [3.8, 4) is 17.4 Å². The Balaban J connectivity index is 1.82. The summed E-state index contributed by atoms with van der Waals surface area (Å²) in [5.74, 6) is -0.433. The summed E-state index contributed by atoms with van der Waals surface area (Å²) < 4.78 is 10.9. The molecule has 0 aliphatic heterocycles. The Labute approximate surface area is 141 Å². The number of carbonyl (C=O) groups excluding carboxylic acids is 1. The maximum atomic E-state index is 12.4. The second-order valence-corrected chi connectivity index (χ2v) is 5.69. The van der Waals surface area contributed by atoms with Crippen molar-refractivity contribution < 1.29 is 23.8 Å². The van der Waals surface area contributed by atoms with Crippen LogP contribution in [0.15, 0.2) is 58.2 Å². The van der Waals surface area contributed by atoms with E-state index in [0.717, 1.165) is 0 Å². The summed E-state index contributed by atoms with van der Waals surface area (Å²) in [7, 11) is 1.55. The Hall–Kier alpha value is -2.87. The normalized spacial score (nSPS) is 10.5. The van der Waals surface area contributed by atoms with E-state index in [9.17, 15) is 9.90 Å². The summed E-state index contributed by atoms with van der Waals surface area (Å²) in [5.41, 5.74) is 0.413. The average molecular weight is 343 g/mol. The molecule has 0 N–H and O–H groups in total. The van der Waals surface area contributed by atoms with Gasteiger partial charge in [-0.15, -0.1) is 0 Å². The molecule has 3 rings (SSSR count). The zero-order chi connectivity index (χ0) is 16.9. The quantitative estimate of drug-likeness (QED) is 0.379. The van der Waals surface area contributed by atoms with Crippen molar-refractivity contribution in [1.82, 2.24) is 10.3 Å². The van der Waals surface area contributed by atoms with Gasteiger partial charge in [0, 0.05) is 18.3 Å². The first-order valence-corrected chi connectivity index (χ1v) is 7.98. The number of benzene rings is 1. The van der Waals surface area contributed by atoms with Gasteiger partial charge in [-0.25, -0.2) is 4.98 Å². The number of nitrogens with zero attached hydrogens (tertiary/aromatic N) is 3. The first-order chi connectivity index (χ1) is 11.7. The van der Waals surface area contributed by atoms with Crippen LogP contribution in [0.2, 0.25) is 0 Å². The fraction of sp³-hybridized carbons (Fsp3) is 0.125. The predicted octanol–water partition coefficient (Wildman–Crippen LogP) is 1.40. The molecular formula is C16H13N3O4S. The number of hydrogen-bond acceptors (Lipinski definition) is 7. The van der Waals surface area contributed by atoms with E-state index in [4.69, 9.17) is 4.74 Å². The van der Waals surface area contributed by atoms with Gasteiger partial charge < -0.3 is 14.4 Å². The third-order valence-corrected chi connectivity index (χ3v) is 4.12. The van der Waals surface area contributed by atoms with Crippen molar-refractivity contribution in [3.63, 3.8) is 0 Å². The number of pyridine rings is 1. The van der Waals surface area contributed by atoms with Gasteiger partial charge in [0.25, 0.3) is 0 Å². The molecule has 2 aromatic heterocycles. The van der Waals surface area contributed by atoms with Crippen molar-refractivity contribution in [2.45, 2.75) is 5.03 Å². The van der Waals surface area contributed by atoms with Crippen LogP contribution in [0.5, 0.6) is 11.7 Å². The third-order valence-electron chi connectivity index (χ3n) is 3.18. The fourth-order valence-electron chi connectivity index (χ4n) is 2.02. The summed E-state index contributed by atoms with van der Waals surface area (Å²) in [6, 6.07) is 12.2. The second-order valence-electron chi connectivity index (χ2n) is 4.70. The molecular weight excluding hydrogens is 330 g/mol. The van der Waals surface area contributed by atoms with E-state index in [2.05, 4.69) is 14.8 Å². The number of Topliss-reactive ketones (excluding diaryl/α,β-unsaturated/α-hetero) is 1. The molecule has 24 heavy (non-hydrogen) atoms. The number of rotatable bonds is 6. The maximum absolute atomic E-state index is 12.4. The largest absolute Gasteiger partial charge is 0.539 e. The van der Waals surface area contributed by atoms with Gasteiger partial charge in [0.1, 0.15) is 5.75 Å². The molecule has 3 aromatic rings. The summed E-state index contributed by atoms with van der Waals surface area (Å²) in [6.45, 7) is 0. The molecule has 0 aliphatic rings.